The highest BCUT2D eigenvalue weighted by Crippen LogP contribution is 2.31. The molecule has 0 radical (unpaired) electrons. The van der Waals surface area contributed by atoms with Crippen molar-refractivity contribution in [2.45, 2.75) is 30.2 Å². The highest BCUT2D eigenvalue weighted by atomic mass is 32.2. The number of ether oxygens (including phenoxy) is 1. The first kappa shape index (κ1) is 21.6. The van der Waals surface area contributed by atoms with Crippen LogP contribution >= 0.6 is 11.8 Å². The summed E-state index contributed by atoms with van der Waals surface area (Å²) in [5, 5.41) is 5.77. The fourth-order valence-electron chi connectivity index (χ4n) is 3.53. The number of H-pyrrole nitrogens is 1. The quantitative estimate of drug-likeness (QED) is 0.392. The average Bonchev–Trinajstić information content (AvgIpc) is 2.77. The summed E-state index contributed by atoms with van der Waals surface area (Å²) in [5.74, 6) is -0.450. The summed E-state index contributed by atoms with van der Waals surface area (Å²) < 4.78 is 5.17. The van der Waals surface area contributed by atoms with Gasteiger partial charge in [0.25, 0.3) is 5.56 Å². The van der Waals surface area contributed by atoms with E-state index in [1.54, 1.807) is 24.3 Å². The maximum atomic E-state index is 12.9. The number of carbonyl (C=O) groups excluding carboxylic acids is 2. The van der Waals surface area contributed by atoms with Crippen molar-refractivity contribution in [1.29, 1.82) is 0 Å². The average molecular weight is 451 g/mol. The Balaban J connectivity index is 1.57. The van der Waals surface area contributed by atoms with E-state index < -0.39 is 17.4 Å². The molecular weight excluding hydrogens is 428 g/mol. The molecule has 0 aliphatic carbocycles. The van der Waals surface area contributed by atoms with Crippen molar-refractivity contribution in [1.82, 2.24) is 9.97 Å². The van der Waals surface area contributed by atoms with Crippen molar-refractivity contribution in [3.05, 3.63) is 75.6 Å². The Bertz CT molecular complexity index is 1240. The first-order chi connectivity index (χ1) is 15.4. The maximum absolute atomic E-state index is 12.9. The Kier molecular flexibility index (Phi) is 6.27. The number of anilines is 2. The molecule has 0 bridgehead atoms. The Morgan fingerprint density at radius 3 is 2.81 bits per heavy atom. The Labute approximate surface area is 188 Å². The Morgan fingerprint density at radius 2 is 2.03 bits per heavy atom. The minimum atomic E-state index is -0.947. The predicted octanol–water partition coefficient (Wildman–Crippen LogP) is 3.44. The van der Waals surface area contributed by atoms with Crippen LogP contribution in [0.15, 0.2) is 58.5 Å². The van der Waals surface area contributed by atoms with Crippen molar-refractivity contribution in [3.8, 4) is 5.75 Å². The second kappa shape index (κ2) is 9.27. The molecule has 1 aromatic heterocycles. The van der Waals surface area contributed by atoms with Crippen LogP contribution in [0.25, 0.3) is 0 Å². The molecule has 0 spiro atoms. The van der Waals surface area contributed by atoms with E-state index in [4.69, 9.17) is 4.74 Å². The normalized spacial score (nSPS) is 14.9. The zero-order valence-electron chi connectivity index (χ0n) is 17.6. The summed E-state index contributed by atoms with van der Waals surface area (Å²) in [5.41, 5.74) is 2.47. The van der Waals surface area contributed by atoms with Crippen LogP contribution in [0.5, 0.6) is 5.75 Å². The lowest BCUT2D eigenvalue weighted by Crippen LogP contribution is -2.36. The number of nitrogens with zero attached hydrogens (tertiary/aromatic N) is 1. The third-order valence-electron chi connectivity index (χ3n) is 5.04. The first-order valence-corrected chi connectivity index (χ1v) is 11.0. The van der Waals surface area contributed by atoms with Gasteiger partial charge in [0.1, 0.15) is 11.6 Å². The number of thioether (sulfide) groups is 1. The highest BCUT2D eigenvalue weighted by molar-refractivity contribution is 7.98. The van der Waals surface area contributed by atoms with Crippen LogP contribution in [-0.2, 0) is 15.3 Å². The van der Waals surface area contributed by atoms with E-state index in [9.17, 15) is 14.4 Å². The van der Waals surface area contributed by atoms with Gasteiger partial charge in [0, 0.05) is 23.9 Å². The number of aromatic amines is 1. The molecule has 2 aromatic carbocycles. The molecule has 4 rings (SSSR count). The van der Waals surface area contributed by atoms with Gasteiger partial charge in [0.05, 0.1) is 18.6 Å². The fraction of sp³-hybridized carbons (Fsp3) is 0.217. The van der Waals surface area contributed by atoms with Crippen molar-refractivity contribution in [3.63, 3.8) is 0 Å². The van der Waals surface area contributed by atoms with Crippen molar-refractivity contribution < 1.29 is 14.3 Å². The standard InChI is InChI=1S/C23H22N4O4S/c1-13-5-3-6-14(9-13)12-32-23-26-20-19(22(30)27-23)17(11-18(28)25-20)21(29)24-15-7-4-8-16(10-15)31-2/h3-10,17H,11-12H2,1-2H3,(H,24,29)(H2,25,26,27,28,30)/t17-/m1/s1. The van der Waals surface area contributed by atoms with Gasteiger partial charge in [-0.25, -0.2) is 4.98 Å². The van der Waals surface area contributed by atoms with Crippen LogP contribution in [0.1, 0.15) is 29.0 Å². The van der Waals surface area contributed by atoms with Crippen LogP contribution in [0, 0.1) is 6.92 Å². The Morgan fingerprint density at radius 1 is 1.22 bits per heavy atom. The first-order valence-electron chi connectivity index (χ1n) is 10.0. The summed E-state index contributed by atoms with van der Waals surface area (Å²) in [6, 6.07) is 14.9. The molecule has 2 amide bonds. The Hall–Kier alpha value is -3.59. The smallest absolute Gasteiger partial charge is 0.257 e. The molecule has 0 saturated heterocycles. The monoisotopic (exact) mass is 450 g/mol. The molecule has 0 unspecified atom stereocenters. The van der Waals surface area contributed by atoms with Gasteiger partial charge in [-0.2, -0.15) is 0 Å². The van der Waals surface area contributed by atoms with E-state index in [2.05, 4.69) is 26.7 Å². The SMILES string of the molecule is COc1cccc(NC(=O)[C@@H]2CC(=O)Nc3nc(SCc4cccc(C)c4)[nH]c(=O)c32)c1. The number of rotatable bonds is 6. The molecule has 1 atom stereocenters. The largest absolute Gasteiger partial charge is 0.497 e. The lowest BCUT2D eigenvalue weighted by Gasteiger charge is -2.23. The number of hydrogen-bond donors (Lipinski definition) is 3. The van der Waals surface area contributed by atoms with Crippen LogP contribution in [-0.4, -0.2) is 28.9 Å². The topological polar surface area (TPSA) is 113 Å². The van der Waals surface area contributed by atoms with Gasteiger partial charge in [-0.1, -0.05) is 47.7 Å². The summed E-state index contributed by atoms with van der Waals surface area (Å²) in [6.45, 7) is 2.01. The van der Waals surface area contributed by atoms with E-state index in [0.29, 0.717) is 22.3 Å². The minimum absolute atomic E-state index is 0.127. The third-order valence-corrected chi connectivity index (χ3v) is 5.99. The van der Waals surface area contributed by atoms with Gasteiger partial charge in [0.2, 0.25) is 11.8 Å². The van der Waals surface area contributed by atoms with E-state index in [-0.39, 0.29) is 23.7 Å². The summed E-state index contributed by atoms with van der Waals surface area (Å²) in [7, 11) is 1.53. The predicted molar refractivity (Wildman–Crippen MR) is 123 cm³/mol. The fourth-order valence-corrected chi connectivity index (χ4v) is 4.33. The van der Waals surface area contributed by atoms with Crippen molar-refractivity contribution in [2.24, 2.45) is 0 Å². The van der Waals surface area contributed by atoms with Gasteiger partial charge in [-0.3, -0.25) is 14.4 Å². The van der Waals surface area contributed by atoms with E-state index in [1.807, 2.05) is 25.1 Å². The summed E-state index contributed by atoms with van der Waals surface area (Å²) in [4.78, 5) is 45.2. The molecule has 164 valence electrons. The van der Waals surface area contributed by atoms with Crippen LogP contribution in [0.4, 0.5) is 11.5 Å². The van der Waals surface area contributed by atoms with Crippen LogP contribution in [0.3, 0.4) is 0 Å². The van der Waals surface area contributed by atoms with Crippen LogP contribution < -0.4 is 20.9 Å². The lowest BCUT2D eigenvalue weighted by atomic mass is 9.92. The second-order valence-corrected chi connectivity index (χ2v) is 8.40. The highest BCUT2D eigenvalue weighted by Gasteiger charge is 2.34. The number of amides is 2. The number of aromatic nitrogens is 2. The second-order valence-electron chi connectivity index (χ2n) is 7.44. The van der Waals surface area contributed by atoms with Crippen LogP contribution in [0.2, 0.25) is 0 Å². The van der Waals surface area contributed by atoms with E-state index in [0.717, 1.165) is 11.1 Å². The molecule has 0 saturated carbocycles. The molecule has 0 fully saturated rings. The van der Waals surface area contributed by atoms with Gasteiger partial charge in [-0.05, 0) is 24.6 Å². The molecule has 9 heteroatoms. The number of nitrogens with one attached hydrogen (secondary N) is 3. The van der Waals surface area contributed by atoms with Gasteiger partial charge >= 0.3 is 0 Å². The van der Waals surface area contributed by atoms with E-state index in [1.165, 1.54) is 18.9 Å². The number of hydrogen-bond acceptors (Lipinski definition) is 6. The van der Waals surface area contributed by atoms with Gasteiger partial charge in [0.15, 0.2) is 5.16 Å². The molecule has 8 nitrogen and oxygen atoms in total. The molecule has 1 aliphatic rings. The lowest BCUT2D eigenvalue weighted by molar-refractivity contribution is -0.123. The molecule has 1 aliphatic heterocycles. The zero-order valence-corrected chi connectivity index (χ0v) is 18.4. The third kappa shape index (κ3) is 4.83. The number of fused-ring (bicyclic) bond motifs is 1. The molecular formula is C23H22N4O4S. The molecule has 2 heterocycles. The van der Waals surface area contributed by atoms with Gasteiger partial charge in [-0.15, -0.1) is 0 Å². The number of methoxy groups -OCH3 is 1. The summed E-state index contributed by atoms with van der Waals surface area (Å²) in [6.07, 6.45) is -0.136. The molecule has 3 N–H and O–H groups in total. The minimum Gasteiger partial charge on any atom is -0.497 e. The summed E-state index contributed by atoms with van der Waals surface area (Å²) >= 11 is 1.35. The zero-order chi connectivity index (χ0) is 22.7. The number of aryl methyl sites for hydroxylation is 1. The maximum Gasteiger partial charge on any atom is 0.257 e. The molecule has 3 aromatic rings. The molecule has 32 heavy (non-hydrogen) atoms. The van der Waals surface area contributed by atoms with Crippen molar-refractivity contribution >= 4 is 35.1 Å². The number of benzene rings is 2. The number of carbonyl (C=O) groups is 2. The van der Waals surface area contributed by atoms with E-state index >= 15 is 0 Å². The van der Waals surface area contributed by atoms with Crippen molar-refractivity contribution in [2.75, 3.05) is 17.7 Å². The van der Waals surface area contributed by atoms with Gasteiger partial charge < -0.3 is 20.4 Å².